The first-order chi connectivity index (χ1) is 7.60. The van der Waals surface area contributed by atoms with Crippen molar-refractivity contribution in [2.75, 3.05) is 0 Å². The fraction of sp³-hybridized carbons (Fsp3) is 0.400. The molecule has 0 aromatic carbocycles. The summed E-state index contributed by atoms with van der Waals surface area (Å²) in [7, 11) is 0. The zero-order chi connectivity index (χ0) is 12.6. The molecule has 6 heteroatoms. The van der Waals surface area contributed by atoms with Gasteiger partial charge in [-0.25, -0.2) is 9.98 Å². The summed E-state index contributed by atoms with van der Waals surface area (Å²) < 4.78 is 0. The minimum absolute atomic E-state index is 0.150. The first kappa shape index (κ1) is 13.8. The number of carbonyl (C=O) groups excluding carboxylic acids is 1. The van der Waals surface area contributed by atoms with Crippen molar-refractivity contribution in [1.29, 1.82) is 5.26 Å². The summed E-state index contributed by atoms with van der Waals surface area (Å²) in [5.74, 6) is -0.790. The van der Waals surface area contributed by atoms with Gasteiger partial charge in [0, 0.05) is 5.71 Å². The smallest absolute Gasteiger partial charge is 0.270 e. The van der Waals surface area contributed by atoms with Crippen molar-refractivity contribution in [3.05, 3.63) is 11.4 Å². The van der Waals surface area contributed by atoms with Gasteiger partial charge in [-0.2, -0.15) is 5.26 Å². The molecule has 0 saturated heterocycles. The summed E-state index contributed by atoms with van der Waals surface area (Å²) in [6.45, 7) is 3.80. The minimum Gasteiger partial charge on any atom is -0.390 e. The average Bonchev–Trinajstić information content (AvgIpc) is 2.28. The van der Waals surface area contributed by atoms with Crippen molar-refractivity contribution in [1.82, 2.24) is 0 Å². The molecule has 16 heavy (non-hydrogen) atoms. The number of nitrogens with zero attached hydrogens (tertiary/aromatic N) is 3. The van der Waals surface area contributed by atoms with E-state index >= 15 is 0 Å². The molecule has 0 fully saturated rings. The van der Waals surface area contributed by atoms with Gasteiger partial charge in [0.15, 0.2) is 11.4 Å². The minimum atomic E-state index is -0.790. The van der Waals surface area contributed by atoms with Gasteiger partial charge in [-0.05, 0) is 12.8 Å². The van der Waals surface area contributed by atoms with Gasteiger partial charge in [0.25, 0.3) is 5.91 Å². The Morgan fingerprint density at radius 1 is 1.44 bits per heavy atom. The molecule has 6 nitrogen and oxygen atoms in total. The molecule has 0 spiro atoms. The van der Waals surface area contributed by atoms with Gasteiger partial charge in [0.1, 0.15) is 6.07 Å². The predicted octanol–water partition coefficient (Wildman–Crippen LogP) is 0.455. The molecule has 0 aromatic rings. The monoisotopic (exact) mass is 221 g/mol. The fourth-order valence-electron chi connectivity index (χ4n) is 1.01. The zero-order valence-electron chi connectivity index (χ0n) is 9.40. The molecule has 0 aromatic heterocycles. The van der Waals surface area contributed by atoms with Crippen molar-refractivity contribution < 1.29 is 4.79 Å². The third-order valence-electron chi connectivity index (χ3n) is 1.85. The van der Waals surface area contributed by atoms with E-state index in [1.165, 1.54) is 0 Å². The summed E-state index contributed by atoms with van der Waals surface area (Å²) in [5.41, 5.74) is 10.6. The number of carbonyl (C=O) groups is 1. The van der Waals surface area contributed by atoms with E-state index in [0.717, 1.165) is 12.1 Å². The quantitative estimate of drug-likeness (QED) is 0.303. The van der Waals surface area contributed by atoms with Gasteiger partial charge < -0.3 is 11.5 Å². The lowest BCUT2D eigenvalue weighted by molar-refractivity contribution is -0.114. The Balaban J connectivity index is 5.56. The highest BCUT2D eigenvalue weighted by atomic mass is 16.1. The Morgan fingerprint density at radius 2 is 2.00 bits per heavy atom. The third-order valence-corrected chi connectivity index (χ3v) is 1.85. The van der Waals surface area contributed by atoms with E-state index in [2.05, 4.69) is 9.98 Å². The maximum atomic E-state index is 11.1. The standard InChI is InChI=1S/C10H15N5O/c1-3-7(4-2)15-9(10(13)16)8(5-11)14-6-12/h6H,3-4H2,1-2H3,(H2,12,14)(H2,13,16)/b9-8-. The number of rotatable bonds is 5. The van der Waals surface area contributed by atoms with Gasteiger partial charge >= 0.3 is 0 Å². The number of nitriles is 1. The van der Waals surface area contributed by atoms with Crippen LogP contribution in [0.25, 0.3) is 0 Å². The molecular formula is C10H15N5O. The van der Waals surface area contributed by atoms with Crippen LogP contribution < -0.4 is 11.5 Å². The van der Waals surface area contributed by atoms with Gasteiger partial charge in [-0.15, -0.1) is 0 Å². The molecule has 0 heterocycles. The fourth-order valence-corrected chi connectivity index (χ4v) is 1.01. The number of nitrogens with two attached hydrogens (primary N) is 2. The molecule has 0 aliphatic carbocycles. The Bertz CT molecular complexity index is 381. The lowest BCUT2D eigenvalue weighted by Crippen LogP contribution is -2.15. The van der Waals surface area contributed by atoms with Crippen LogP contribution in [0, 0.1) is 11.3 Å². The van der Waals surface area contributed by atoms with E-state index in [9.17, 15) is 4.79 Å². The van der Waals surface area contributed by atoms with Gasteiger partial charge in [-0.1, -0.05) is 13.8 Å². The van der Waals surface area contributed by atoms with Crippen LogP contribution in [0.3, 0.4) is 0 Å². The third kappa shape index (κ3) is 3.92. The van der Waals surface area contributed by atoms with Crippen LogP contribution in [0.15, 0.2) is 21.4 Å². The summed E-state index contributed by atoms with van der Waals surface area (Å²) in [4.78, 5) is 18.7. The van der Waals surface area contributed by atoms with E-state index in [-0.39, 0.29) is 11.4 Å². The molecule has 0 aliphatic heterocycles. The van der Waals surface area contributed by atoms with E-state index in [1.54, 1.807) is 6.07 Å². The lowest BCUT2D eigenvalue weighted by atomic mass is 10.2. The van der Waals surface area contributed by atoms with Crippen LogP contribution in [-0.2, 0) is 4.79 Å². The second-order valence-electron chi connectivity index (χ2n) is 2.84. The van der Waals surface area contributed by atoms with Gasteiger partial charge in [0.2, 0.25) is 0 Å². The van der Waals surface area contributed by atoms with Crippen molar-refractivity contribution >= 4 is 18.0 Å². The van der Waals surface area contributed by atoms with E-state index in [4.69, 9.17) is 16.7 Å². The van der Waals surface area contributed by atoms with E-state index in [0.29, 0.717) is 12.8 Å². The number of hydrogen-bond donors (Lipinski definition) is 2. The Morgan fingerprint density at radius 3 is 2.31 bits per heavy atom. The molecule has 1 amide bonds. The van der Waals surface area contributed by atoms with Crippen LogP contribution in [0.4, 0.5) is 0 Å². The number of hydrogen-bond acceptors (Lipinski definition) is 4. The summed E-state index contributed by atoms with van der Waals surface area (Å²) in [5, 5.41) is 8.78. The molecular weight excluding hydrogens is 206 g/mol. The normalized spacial score (nSPS) is 11.8. The van der Waals surface area contributed by atoms with Gasteiger partial charge in [0.05, 0.1) is 6.34 Å². The summed E-state index contributed by atoms with van der Waals surface area (Å²) >= 11 is 0. The van der Waals surface area contributed by atoms with Crippen molar-refractivity contribution in [3.63, 3.8) is 0 Å². The van der Waals surface area contributed by atoms with Crippen molar-refractivity contribution in [2.24, 2.45) is 21.5 Å². The molecule has 0 saturated carbocycles. The van der Waals surface area contributed by atoms with Gasteiger partial charge in [-0.3, -0.25) is 4.79 Å². The topological polar surface area (TPSA) is 118 Å². The molecule has 0 bridgehead atoms. The molecule has 86 valence electrons. The second-order valence-corrected chi connectivity index (χ2v) is 2.84. The molecule has 0 unspecified atom stereocenters. The second kappa shape index (κ2) is 7.17. The Hall–Kier alpha value is -2.16. The maximum Gasteiger partial charge on any atom is 0.270 e. The molecule has 4 N–H and O–H groups in total. The first-order valence-corrected chi connectivity index (χ1v) is 4.85. The average molecular weight is 221 g/mol. The lowest BCUT2D eigenvalue weighted by Gasteiger charge is -2.02. The number of amides is 1. The van der Waals surface area contributed by atoms with Crippen LogP contribution in [0.5, 0.6) is 0 Å². The molecule has 0 rings (SSSR count). The first-order valence-electron chi connectivity index (χ1n) is 4.85. The zero-order valence-corrected chi connectivity index (χ0v) is 9.40. The summed E-state index contributed by atoms with van der Waals surface area (Å²) in [6, 6.07) is 1.73. The largest absolute Gasteiger partial charge is 0.390 e. The van der Waals surface area contributed by atoms with Crippen LogP contribution in [-0.4, -0.2) is 18.0 Å². The predicted molar refractivity (Wildman–Crippen MR) is 62.5 cm³/mol. The summed E-state index contributed by atoms with van der Waals surface area (Å²) in [6.07, 6.45) is 2.28. The highest BCUT2D eigenvalue weighted by Gasteiger charge is 2.11. The highest BCUT2D eigenvalue weighted by Crippen LogP contribution is 2.08. The number of aliphatic imine (C=N–C) groups is 2. The van der Waals surface area contributed by atoms with Crippen LogP contribution in [0.2, 0.25) is 0 Å². The highest BCUT2D eigenvalue weighted by molar-refractivity contribution is 5.97. The molecule has 0 radical (unpaired) electrons. The SMILES string of the molecule is CCC(CC)=N/C(C(N)=O)=C(/C#N)N=CN. The van der Waals surface area contributed by atoms with Crippen LogP contribution >= 0.6 is 0 Å². The number of allylic oxidation sites excluding steroid dienone is 1. The molecule has 0 atom stereocenters. The van der Waals surface area contributed by atoms with Crippen molar-refractivity contribution in [2.45, 2.75) is 26.7 Å². The number of primary amides is 1. The van der Waals surface area contributed by atoms with E-state index < -0.39 is 5.91 Å². The van der Waals surface area contributed by atoms with E-state index in [1.807, 2.05) is 13.8 Å². The maximum absolute atomic E-state index is 11.1. The van der Waals surface area contributed by atoms with Crippen molar-refractivity contribution in [3.8, 4) is 6.07 Å². The van der Waals surface area contributed by atoms with Crippen LogP contribution in [0.1, 0.15) is 26.7 Å². The molecule has 0 aliphatic rings. The Kier molecular flexibility index (Phi) is 6.21. The Labute approximate surface area is 94.4 Å².